The Bertz CT molecular complexity index is 3890. The molecule has 3 heterocycles. The molecule has 0 saturated carbocycles. The van der Waals surface area contributed by atoms with Gasteiger partial charge in [-0.15, -0.1) is 0 Å². The summed E-state index contributed by atoms with van der Waals surface area (Å²) in [4.78, 5) is 16.4. The lowest BCUT2D eigenvalue weighted by Crippen LogP contribution is -2.08. The molecule has 0 aliphatic rings. The van der Waals surface area contributed by atoms with E-state index in [4.69, 9.17) is 15.0 Å². The molecule has 10 aromatic carbocycles. The third kappa shape index (κ3) is 6.76. The molecule has 0 N–H and O–H groups in total. The molecule has 0 aliphatic heterocycles. The van der Waals surface area contributed by atoms with E-state index < -0.39 is 0 Å². The molecule has 318 valence electrons. The Morgan fingerprint density at radius 2 is 0.632 bits per heavy atom. The highest BCUT2D eigenvalue weighted by atomic mass is 15.2. The molecule has 68 heavy (non-hydrogen) atoms. The second kappa shape index (κ2) is 16.4. The molecular weight excluding hydrogens is 827 g/mol. The first-order chi connectivity index (χ1) is 33.7. The average molecular weight is 868 g/mol. The number of fused-ring (bicyclic) bond motifs is 6. The van der Waals surface area contributed by atoms with Gasteiger partial charge in [-0.2, -0.15) is 9.97 Å². The molecule has 0 bridgehead atoms. The summed E-state index contributed by atoms with van der Waals surface area (Å²) in [6.45, 7) is 0. The molecule has 0 fully saturated rings. The van der Waals surface area contributed by atoms with Gasteiger partial charge in [0.05, 0.1) is 27.8 Å². The van der Waals surface area contributed by atoms with Gasteiger partial charge >= 0.3 is 0 Å². The van der Waals surface area contributed by atoms with Gasteiger partial charge in [-0.25, -0.2) is 4.98 Å². The fraction of sp³-hybridized carbons (Fsp3) is 0. The number of para-hydroxylation sites is 4. The molecule has 0 radical (unpaired) electrons. The monoisotopic (exact) mass is 867 g/mol. The number of hydrogen-bond acceptors (Lipinski definition) is 3. The number of benzene rings is 10. The fourth-order valence-electron chi connectivity index (χ4n) is 9.96. The van der Waals surface area contributed by atoms with Crippen LogP contribution in [0.5, 0.6) is 0 Å². The van der Waals surface area contributed by atoms with Crippen LogP contribution in [0.2, 0.25) is 0 Å². The molecule has 13 rings (SSSR count). The molecule has 0 aliphatic carbocycles. The molecule has 0 spiro atoms. The van der Waals surface area contributed by atoms with Crippen LogP contribution in [0, 0.1) is 0 Å². The maximum atomic E-state index is 5.49. The van der Waals surface area contributed by atoms with Gasteiger partial charge in [0, 0.05) is 32.7 Å². The summed E-state index contributed by atoms with van der Waals surface area (Å²) in [7, 11) is 0. The van der Waals surface area contributed by atoms with Crippen molar-refractivity contribution in [2.45, 2.75) is 0 Å². The van der Waals surface area contributed by atoms with E-state index in [0.717, 1.165) is 83.0 Å². The smallest absolute Gasteiger partial charge is 0.238 e. The standard InChI is InChI=1S/C63H41N5/c1-4-18-42(19-5-1)45-32-34-46(35-33-45)47-36-37-54-53-26-10-14-28-56(53)67(60(54)41-47)59-31-17-13-27-55(59)62-64-61(65-63(66-62)68-57-29-15-11-24-51(57)52-25-12-16-30-58(52)68)50-39-48(43-20-6-2-7-21-43)38-49(40-50)44-22-8-3-9-23-44/h1-41H. The van der Waals surface area contributed by atoms with Crippen LogP contribution in [0.1, 0.15) is 0 Å². The van der Waals surface area contributed by atoms with Crippen LogP contribution in [0.15, 0.2) is 249 Å². The highest BCUT2D eigenvalue weighted by molar-refractivity contribution is 6.11. The van der Waals surface area contributed by atoms with Gasteiger partial charge < -0.3 is 4.57 Å². The Hall–Kier alpha value is -9.19. The molecule has 0 atom stereocenters. The quantitative estimate of drug-likeness (QED) is 0.153. The van der Waals surface area contributed by atoms with E-state index >= 15 is 0 Å². The van der Waals surface area contributed by atoms with Gasteiger partial charge in [0.25, 0.3) is 0 Å². The van der Waals surface area contributed by atoms with Crippen LogP contribution >= 0.6 is 0 Å². The van der Waals surface area contributed by atoms with Crippen molar-refractivity contribution in [1.82, 2.24) is 24.1 Å². The van der Waals surface area contributed by atoms with E-state index in [1.807, 2.05) is 0 Å². The van der Waals surface area contributed by atoms with Crippen molar-refractivity contribution in [2.75, 3.05) is 0 Å². The van der Waals surface area contributed by atoms with Gasteiger partial charge in [0.1, 0.15) is 0 Å². The first kappa shape index (κ1) is 39.2. The van der Waals surface area contributed by atoms with E-state index in [2.05, 4.69) is 258 Å². The Morgan fingerprint density at radius 3 is 1.21 bits per heavy atom. The average Bonchev–Trinajstić information content (AvgIpc) is 3.94. The second-order valence-corrected chi connectivity index (χ2v) is 17.2. The normalized spacial score (nSPS) is 11.5. The zero-order chi connectivity index (χ0) is 45.0. The van der Waals surface area contributed by atoms with Crippen molar-refractivity contribution in [1.29, 1.82) is 0 Å². The van der Waals surface area contributed by atoms with Crippen LogP contribution in [0.25, 0.3) is 123 Å². The topological polar surface area (TPSA) is 48.5 Å². The molecule has 13 aromatic rings. The lowest BCUT2D eigenvalue weighted by Gasteiger charge is -2.16. The lowest BCUT2D eigenvalue weighted by molar-refractivity contribution is 0.952. The first-order valence-electron chi connectivity index (χ1n) is 23.0. The van der Waals surface area contributed by atoms with Crippen molar-refractivity contribution in [3.63, 3.8) is 0 Å². The Kier molecular flexibility index (Phi) is 9.43. The number of aromatic nitrogens is 5. The summed E-state index contributed by atoms with van der Waals surface area (Å²) in [6.07, 6.45) is 0. The third-order valence-electron chi connectivity index (χ3n) is 13.2. The maximum Gasteiger partial charge on any atom is 0.238 e. The van der Waals surface area contributed by atoms with E-state index in [0.29, 0.717) is 17.6 Å². The molecule has 0 saturated heterocycles. The van der Waals surface area contributed by atoms with Gasteiger partial charge in [-0.05, 0) is 99.1 Å². The number of hydrogen-bond donors (Lipinski definition) is 0. The SMILES string of the molecule is c1ccc(-c2ccc(-c3ccc4c5ccccc5n(-c5ccccc5-c5nc(-c6cc(-c7ccccc7)cc(-c7ccccc7)c6)nc(-n6c7ccccc7c7ccccc76)n5)c4c3)cc2)cc1. The minimum atomic E-state index is 0.548. The predicted octanol–water partition coefficient (Wildman–Crippen LogP) is 16.1. The number of rotatable bonds is 8. The first-order valence-corrected chi connectivity index (χ1v) is 23.0. The Morgan fingerprint density at radius 1 is 0.235 bits per heavy atom. The van der Waals surface area contributed by atoms with Crippen LogP contribution < -0.4 is 0 Å². The summed E-state index contributed by atoms with van der Waals surface area (Å²) >= 11 is 0. The van der Waals surface area contributed by atoms with Crippen molar-refractivity contribution < 1.29 is 0 Å². The van der Waals surface area contributed by atoms with Crippen molar-refractivity contribution in [3.8, 4) is 78.9 Å². The van der Waals surface area contributed by atoms with Gasteiger partial charge in [-0.1, -0.05) is 194 Å². The third-order valence-corrected chi connectivity index (χ3v) is 13.2. The van der Waals surface area contributed by atoms with Crippen molar-refractivity contribution >= 4 is 43.6 Å². The predicted molar refractivity (Wildman–Crippen MR) is 281 cm³/mol. The minimum absolute atomic E-state index is 0.548. The van der Waals surface area contributed by atoms with E-state index in [1.165, 1.54) is 21.9 Å². The van der Waals surface area contributed by atoms with Crippen LogP contribution in [0.3, 0.4) is 0 Å². The van der Waals surface area contributed by atoms with Crippen LogP contribution in [0.4, 0.5) is 0 Å². The molecule has 5 nitrogen and oxygen atoms in total. The zero-order valence-corrected chi connectivity index (χ0v) is 36.9. The van der Waals surface area contributed by atoms with E-state index in [-0.39, 0.29) is 0 Å². The largest absolute Gasteiger partial charge is 0.308 e. The molecule has 3 aromatic heterocycles. The van der Waals surface area contributed by atoms with Crippen molar-refractivity contribution in [2.24, 2.45) is 0 Å². The highest BCUT2D eigenvalue weighted by Gasteiger charge is 2.22. The fourth-order valence-corrected chi connectivity index (χ4v) is 9.96. The summed E-state index contributed by atoms with van der Waals surface area (Å²) < 4.78 is 4.58. The molecular formula is C63H41N5. The molecule has 5 heteroatoms. The molecule has 0 unspecified atom stereocenters. The molecule has 0 amide bonds. The van der Waals surface area contributed by atoms with Gasteiger partial charge in [0.15, 0.2) is 11.6 Å². The Labute approximate surface area is 393 Å². The lowest BCUT2D eigenvalue weighted by atomic mass is 9.96. The zero-order valence-electron chi connectivity index (χ0n) is 36.9. The van der Waals surface area contributed by atoms with Crippen molar-refractivity contribution in [3.05, 3.63) is 249 Å². The van der Waals surface area contributed by atoms with E-state index in [1.54, 1.807) is 0 Å². The van der Waals surface area contributed by atoms with Crippen LogP contribution in [-0.4, -0.2) is 24.1 Å². The number of nitrogens with zero attached hydrogens (tertiary/aromatic N) is 5. The Balaban J connectivity index is 1.05. The van der Waals surface area contributed by atoms with Gasteiger partial charge in [0.2, 0.25) is 5.95 Å². The second-order valence-electron chi connectivity index (χ2n) is 17.2. The summed E-state index contributed by atoms with van der Waals surface area (Å²) in [5, 5.41) is 4.63. The summed E-state index contributed by atoms with van der Waals surface area (Å²) in [5.74, 6) is 1.71. The summed E-state index contributed by atoms with van der Waals surface area (Å²) in [5.41, 5.74) is 16.1. The minimum Gasteiger partial charge on any atom is -0.308 e. The highest BCUT2D eigenvalue weighted by Crippen LogP contribution is 2.40. The summed E-state index contributed by atoms with van der Waals surface area (Å²) in [6, 6.07) is 88.2. The maximum absolute atomic E-state index is 5.49. The van der Waals surface area contributed by atoms with Crippen LogP contribution in [-0.2, 0) is 0 Å². The van der Waals surface area contributed by atoms with Gasteiger partial charge in [-0.3, -0.25) is 4.57 Å². The van der Waals surface area contributed by atoms with E-state index in [9.17, 15) is 0 Å².